The highest BCUT2D eigenvalue weighted by atomic mass is 16.3. The van der Waals surface area contributed by atoms with Gasteiger partial charge in [-0.2, -0.15) is 0 Å². The van der Waals surface area contributed by atoms with Crippen LogP contribution in [0, 0.1) is 0 Å². The van der Waals surface area contributed by atoms with Crippen molar-refractivity contribution in [2.45, 2.75) is 12.8 Å². The molecule has 0 spiro atoms. The molecule has 4 heteroatoms. The van der Waals surface area contributed by atoms with Crippen molar-refractivity contribution in [1.29, 1.82) is 0 Å². The van der Waals surface area contributed by atoms with E-state index >= 15 is 0 Å². The molecular weight excluding hydrogens is 709 g/mol. The van der Waals surface area contributed by atoms with Crippen molar-refractivity contribution in [3.05, 3.63) is 187 Å². The molecule has 1 aliphatic rings. The summed E-state index contributed by atoms with van der Waals surface area (Å²) in [5.41, 5.74) is 16.7. The maximum atomic E-state index is 6.75. The zero-order valence-electron chi connectivity index (χ0n) is 31.4. The Hall–Kier alpha value is -7.56. The van der Waals surface area contributed by atoms with Crippen LogP contribution in [0.5, 0.6) is 0 Å². The van der Waals surface area contributed by atoms with Gasteiger partial charge in [-0.25, -0.2) is 0 Å². The summed E-state index contributed by atoms with van der Waals surface area (Å²) >= 11 is 0. The molecule has 272 valence electrons. The molecule has 4 aromatic heterocycles. The second-order valence-corrected chi connectivity index (χ2v) is 15.5. The number of allylic oxidation sites excluding steroid dienone is 1. The molecule has 0 aliphatic heterocycles. The molecule has 1 aliphatic carbocycles. The van der Waals surface area contributed by atoms with E-state index in [0.717, 1.165) is 79.0 Å². The molecule has 58 heavy (non-hydrogen) atoms. The van der Waals surface area contributed by atoms with Gasteiger partial charge >= 0.3 is 0 Å². The first kappa shape index (κ1) is 31.6. The van der Waals surface area contributed by atoms with Gasteiger partial charge in [0, 0.05) is 54.5 Å². The van der Waals surface area contributed by atoms with Gasteiger partial charge in [0.2, 0.25) is 0 Å². The molecule has 0 fully saturated rings. The Bertz CT molecular complexity index is 3680. The number of fused-ring (bicyclic) bond motifs is 13. The van der Waals surface area contributed by atoms with Gasteiger partial charge in [0.05, 0.1) is 27.9 Å². The summed E-state index contributed by atoms with van der Waals surface area (Å²) in [6.45, 7) is 0. The molecule has 0 saturated heterocycles. The monoisotopic (exact) mass is 742 g/mol. The second-order valence-electron chi connectivity index (χ2n) is 15.5. The second kappa shape index (κ2) is 12.0. The number of nitrogens with zero attached hydrogens (tertiary/aromatic N) is 2. The Morgan fingerprint density at radius 2 is 1.07 bits per heavy atom. The van der Waals surface area contributed by atoms with E-state index in [-0.39, 0.29) is 0 Å². The average molecular weight is 743 g/mol. The molecule has 4 nitrogen and oxygen atoms in total. The van der Waals surface area contributed by atoms with Gasteiger partial charge < -0.3 is 18.0 Å². The molecule has 0 saturated carbocycles. The van der Waals surface area contributed by atoms with Crippen molar-refractivity contribution in [2.75, 3.05) is 0 Å². The SMILES string of the molecule is C1=Cc2c(n(-c3ccccc3-c3ccccc3)c3ccc4c(c23)c2c(-c3ccc5oc6ccccc6c5c3)cccc2n4-c2cccc3c2oc2ccccc23)CC1. The molecule has 0 N–H and O–H groups in total. The van der Waals surface area contributed by atoms with Crippen LogP contribution in [-0.2, 0) is 6.42 Å². The van der Waals surface area contributed by atoms with Gasteiger partial charge in [0.25, 0.3) is 0 Å². The van der Waals surface area contributed by atoms with Crippen LogP contribution in [0.15, 0.2) is 185 Å². The largest absolute Gasteiger partial charge is 0.456 e. The fraction of sp³-hybridized carbons (Fsp3) is 0.0370. The number of hydrogen-bond acceptors (Lipinski definition) is 2. The third-order valence-corrected chi connectivity index (χ3v) is 12.4. The number of hydrogen-bond donors (Lipinski definition) is 0. The molecule has 0 bridgehead atoms. The Morgan fingerprint density at radius 3 is 1.95 bits per heavy atom. The molecule has 0 radical (unpaired) electrons. The van der Waals surface area contributed by atoms with Crippen LogP contribution >= 0.6 is 0 Å². The lowest BCUT2D eigenvalue weighted by molar-refractivity contribution is 0.666. The number of benzene rings is 8. The molecule has 0 atom stereocenters. The van der Waals surface area contributed by atoms with Crippen LogP contribution in [-0.4, -0.2) is 9.13 Å². The van der Waals surface area contributed by atoms with Crippen LogP contribution in [0.2, 0.25) is 0 Å². The van der Waals surface area contributed by atoms with Crippen LogP contribution in [0.1, 0.15) is 17.7 Å². The summed E-state index contributed by atoms with van der Waals surface area (Å²) in [5, 5.41) is 8.22. The van der Waals surface area contributed by atoms with Crippen LogP contribution < -0.4 is 0 Å². The van der Waals surface area contributed by atoms with Crippen LogP contribution in [0.25, 0.3) is 116 Å². The fourth-order valence-electron chi connectivity index (χ4n) is 9.96. The first-order chi connectivity index (χ1) is 28.8. The average Bonchev–Trinajstić information content (AvgIpc) is 4.04. The normalized spacial score (nSPS) is 13.0. The minimum atomic E-state index is 0.885. The van der Waals surface area contributed by atoms with Crippen molar-refractivity contribution < 1.29 is 8.83 Å². The zero-order valence-corrected chi connectivity index (χ0v) is 31.4. The van der Waals surface area contributed by atoms with E-state index in [1.54, 1.807) is 0 Å². The lowest BCUT2D eigenvalue weighted by atomic mass is 9.94. The summed E-state index contributed by atoms with van der Waals surface area (Å²) in [6, 6.07) is 61.0. The van der Waals surface area contributed by atoms with E-state index in [0.29, 0.717) is 0 Å². The molecule has 4 heterocycles. The molecule has 12 aromatic rings. The molecule has 13 rings (SSSR count). The maximum Gasteiger partial charge on any atom is 0.159 e. The first-order valence-corrected chi connectivity index (χ1v) is 20.1. The number of rotatable bonds is 4. The van der Waals surface area contributed by atoms with E-state index < -0.39 is 0 Å². The van der Waals surface area contributed by atoms with E-state index in [4.69, 9.17) is 8.83 Å². The highest BCUT2D eigenvalue weighted by molar-refractivity contribution is 6.27. The molecular formula is C54H34N2O2. The molecule has 0 amide bonds. The quantitative estimate of drug-likeness (QED) is 0.180. The summed E-state index contributed by atoms with van der Waals surface area (Å²) < 4.78 is 18.0. The first-order valence-electron chi connectivity index (χ1n) is 20.1. The highest BCUT2D eigenvalue weighted by Gasteiger charge is 2.27. The van der Waals surface area contributed by atoms with Gasteiger partial charge in [0.1, 0.15) is 16.7 Å². The third kappa shape index (κ3) is 4.34. The summed E-state index contributed by atoms with van der Waals surface area (Å²) in [6.07, 6.45) is 6.68. The molecule has 0 unspecified atom stereocenters. The minimum Gasteiger partial charge on any atom is -0.456 e. The lowest BCUT2D eigenvalue weighted by Crippen LogP contribution is -2.04. The molecule has 8 aromatic carbocycles. The van der Waals surface area contributed by atoms with Crippen LogP contribution in [0.3, 0.4) is 0 Å². The highest BCUT2D eigenvalue weighted by Crippen LogP contribution is 2.48. The third-order valence-electron chi connectivity index (χ3n) is 12.4. The van der Waals surface area contributed by atoms with Crippen molar-refractivity contribution in [3.8, 4) is 33.6 Å². The van der Waals surface area contributed by atoms with Crippen molar-refractivity contribution in [1.82, 2.24) is 9.13 Å². The van der Waals surface area contributed by atoms with Gasteiger partial charge in [-0.15, -0.1) is 0 Å². The maximum absolute atomic E-state index is 6.75. The van der Waals surface area contributed by atoms with Crippen molar-refractivity contribution in [3.63, 3.8) is 0 Å². The van der Waals surface area contributed by atoms with Gasteiger partial charge in [0.15, 0.2) is 5.58 Å². The van der Waals surface area contributed by atoms with E-state index in [9.17, 15) is 0 Å². The Morgan fingerprint density at radius 1 is 0.414 bits per heavy atom. The van der Waals surface area contributed by atoms with Crippen molar-refractivity contribution >= 4 is 82.7 Å². The lowest BCUT2D eigenvalue weighted by Gasteiger charge is -2.17. The van der Waals surface area contributed by atoms with Crippen molar-refractivity contribution in [2.24, 2.45) is 0 Å². The minimum absolute atomic E-state index is 0.885. The van der Waals surface area contributed by atoms with Gasteiger partial charge in [-0.05, 0) is 84.1 Å². The summed E-state index contributed by atoms with van der Waals surface area (Å²) in [7, 11) is 0. The van der Waals surface area contributed by atoms with Crippen LogP contribution in [0.4, 0.5) is 0 Å². The Kier molecular flexibility index (Phi) is 6.53. The topological polar surface area (TPSA) is 36.1 Å². The fourth-order valence-corrected chi connectivity index (χ4v) is 9.96. The predicted molar refractivity (Wildman–Crippen MR) is 240 cm³/mol. The van der Waals surface area contributed by atoms with Gasteiger partial charge in [-0.1, -0.05) is 127 Å². The van der Waals surface area contributed by atoms with Gasteiger partial charge in [-0.3, -0.25) is 0 Å². The number of furan rings is 2. The standard InChI is InChI=1S/C54H34N2O2/c1-2-14-33(15-3-1)35-16-4-8-22-42(35)55-43-23-9-5-19-40(43)52-45(55)29-30-46-53(52)51-36(34-28-31-50-41(32-34)38-18-7-10-26-48(38)57-50)20-12-24-44(51)56(46)47-25-13-21-39-37-17-6-11-27-49(37)58-54(39)47/h1-8,10-22,24-32H,9,23H2. The predicted octanol–water partition coefficient (Wildman–Crippen LogP) is 14.8. The number of para-hydroxylation sites is 4. The summed E-state index contributed by atoms with van der Waals surface area (Å²) in [5.74, 6) is 0. The smallest absolute Gasteiger partial charge is 0.159 e. The Labute approximate surface area is 333 Å². The number of aromatic nitrogens is 2. The van der Waals surface area contributed by atoms with E-state index in [1.807, 2.05) is 12.1 Å². The van der Waals surface area contributed by atoms with E-state index in [2.05, 4.69) is 179 Å². The summed E-state index contributed by atoms with van der Waals surface area (Å²) in [4.78, 5) is 0. The van der Waals surface area contributed by atoms with E-state index in [1.165, 1.54) is 55.3 Å². The Balaban J connectivity index is 1.20. The zero-order chi connectivity index (χ0) is 37.9.